The SMILES string of the molecule is CCNC(=NCc1ccc(-n2ccnc2C)nc1)NC(C)CCC(C)(C)C.I. The fourth-order valence-electron chi connectivity index (χ4n) is 2.72. The van der Waals surface area contributed by atoms with Gasteiger partial charge in [-0.05, 0) is 50.7 Å². The maximum atomic E-state index is 4.71. The number of hydrogen-bond donors (Lipinski definition) is 2. The summed E-state index contributed by atoms with van der Waals surface area (Å²) in [5, 5.41) is 6.84. The Labute approximate surface area is 186 Å². The van der Waals surface area contributed by atoms with E-state index in [4.69, 9.17) is 4.99 Å². The number of halogens is 1. The van der Waals surface area contributed by atoms with Gasteiger partial charge in [0.1, 0.15) is 11.6 Å². The Bertz CT molecular complexity index is 730. The van der Waals surface area contributed by atoms with E-state index < -0.39 is 0 Å². The molecule has 0 spiro atoms. The quantitative estimate of drug-likeness (QED) is 0.336. The van der Waals surface area contributed by atoms with E-state index in [0.717, 1.165) is 36.1 Å². The summed E-state index contributed by atoms with van der Waals surface area (Å²) in [5.41, 5.74) is 1.43. The average molecular weight is 498 g/mol. The molecule has 0 aliphatic carbocycles. The molecule has 0 saturated carbocycles. The molecule has 0 amide bonds. The van der Waals surface area contributed by atoms with Crippen molar-refractivity contribution in [2.24, 2.45) is 10.4 Å². The van der Waals surface area contributed by atoms with E-state index in [2.05, 4.69) is 61.3 Å². The van der Waals surface area contributed by atoms with Crippen LogP contribution in [0.2, 0.25) is 0 Å². The number of aryl methyl sites for hydroxylation is 1. The summed E-state index contributed by atoms with van der Waals surface area (Å²) in [6.07, 6.45) is 7.88. The van der Waals surface area contributed by atoms with Crippen molar-refractivity contribution in [2.45, 2.75) is 67.0 Å². The maximum absolute atomic E-state index is 4.71. The van der Waals surface area contributed by atoms with Crippen LogP contribution in [0.1, 0.15) is 58.8 Å². The molecule has 2 heterocycles. The van der Waals surface area contributed by atoms with Gasteiger partial charge in [0.15, 0.2) is 5.96 Å². The normalized spacial score (nSPS) is 13.0. The number of aliphatic imine (C=N–C) groups is 1. The molecule has 2 rings (SSSR count). The van der Waals surface area contributed by atoms with Crippen LogP contribution in [-0.2, 0) is 6.54 Å². The number of nitrogens with one attached hydrogen (secondary N) is 2. The second-order valence-corrected chi connectivity index (χ2v) is 8.21. The Balaban J connectivity index is 0.00000392. The Morgan fingerprint density at radius 1 is 1.25 bits per heavy atom. The molecule has 1 atom stereocenters. The molecule has 0 aromatic carbocycles. The van der Waals surface area contributed by atoms with Crippen molar-refractivity contribution in [1.29, 1.82) is 0 Å². The predicted molar refractivity (Wildman–Crippen MR) is 128 cm³/mol. The van der Waals surface area contributed by atoms with Crippen molar-refractivity contribution in [3.8, 4) is 5.82 Å². The predicted octanol–water partition coefficient (Wildman–Crippen LogP) is 4.46. The van der Waals surface area contributed by atoms with Gasteiger partial charge in [-0.15, -0.1) is 24.0 Å². The van der Waals surface area contributed by atoms with Crippen LogP contribution in [0.3, 0.4) is 0 Å². The first-order chi connectivity index (χ1) is 12.8. The highest BCUT2D eigenvalue weighted by molar-refractivity contribution is 14.0. The van der Waals surface area contributed by atoms with Gasteiger partial charge < -0.3 is 10.6 Å². The van der Waals surface area contributed by atoms with Crippen molar-refractivity contribution in [3.63, 3.8) is 0 Å². The molecule has 28 heavy (non-hydrogen) atoms. The highest BCUT2D eigenvalue weighted by Crippen LogP contribution is 2.21. The van der Waals surface area contributed by atoms with Crippen molar-refractivity contribution in [2.75, 3.05) is 6.54 Å². The number of hydrogen-bond acceptors (Lipinski definition) is 3. The van der Waals surface area contributed by atoms with Gasteiger partial charge >= 0.3 is 0 Å². The molecular formula is C21H35IN6. The molecule has 6 nitrogen and oxygen atoms in total. The number of rotatable bonds is 7. The summed E-state index contributed by atoms with van der Waals surface area (Å²) >= 11 is 0. The fraction of sp³-hybridized carbons (Fsp3) is 0.571. The zero-order chi connectivity index (χ0) is 19.9. The van der Waals surface area contributed by atoms with Gasteiger partial charge in [-0.1, -0.05) is 26.8 Å². The monoisotopic (exact) mass is 498 g/mol. The zero-order valence-electron chi connectivity index (χ0n) is 18.0. The molecule has 0 radical (unpaired) electrons. The highest BCUT2D eigenvalue weighted by Gasteiger charge is 2.13. The molecule has 156 valence electrons. The Morgan fingerprint density at radius 2 is 2.00 bits per heavy atom. The lowest BCUT2D eigenvalue weighted by Gasteiger charge is -2.23. The van der Waals surface area contributed by atoms with Gasteiger partial charge in [0.2, 0.25) is 0 Å². The molecule has 2 N–H and O–H groups in total. The minimum Gasteiger partial charge on any atom is -0.357 e. The second-order valence-electron chi connectivity index (χ2n) is 8.21. The van der Waals surface area contributed by atoms with Crippen molar-refractivity contribution < 1.29 is 0 Å². The summed E-state index contributed by atoms with van der Waals surface area (Å²) in [4.78, 5) is 13.5. The first-order valence-electron chi connectivity index (χ1n) is 9.78. The summed E-state index contributed by atoms with van der Waals surface area (Å²) in [5.74, 6) is 2.66. The lowest BCUT2D eigenvalue weighted by atomic mass is 9.89. The van der Waals surface area contributed by atoms with E-state index in [1.165, 1.54) is 6.42 Å². The largest absolute Gasteiger partial charge is 0.357 e. The highest BCUT2D eigenvalue weighted by atomic mass is 127. The van der Waals surface area contributed by atoms with E-state index in [9.17, 15) is 0 Å². The van der Waals surface area contributed by atoms with Crippen LogP contribution in [0.15, 0.2) is 35.7 Å². The molecule has 0 aliphatic heterocycles. The summed E-state index contributed by atoms with van der Waals surface area (Å²) in [6.45, 7) is 14.5. The lowest BCUT2D eigenvalue weighted by molar-refractivity contribution is 0.346. The van der Waals surface area contributed by atoms with E-state index in [1.54, 1.807) is 6.20 Å². The van der Waals surface area contributed by atoms with Gasteiger partial charge in [0.25, 0.3) is 0 Å². The lowest BCUT2D eigenvalue weighted by Crippen LogP contribution is -2.42. The topological polar surface area (TPSA) is 67.1 Å². The van der Waals surface area contributed by atoms with Crippen molar-refractivity contribution in [3.05, 3.63) is 42.1 Å². The van der Waals surface area contributed by atoms with Crippen LogP contribution in [-0.4, -0.2) is 33.1 Å². The maximum Gasteiger partial charge on any atom is 0.191 e. The third kappa shape index (κ3) is 8.16. The second kappa shape index (κ2) is 11.4. The number of imidazole rings is 1. The van der Waals surface area contributed by atoms with Crippen LogP contribution in [0, 0.1) is 12.3 Å². The number of aromatic nitrogens is 3. The van der Waals surface area contributed by atoms with Crippen LogP contribution in [0.4, 0.5) is 0 Å². The van der Waals surface area contributed by atoms with Crippen LogP contribution in [0.25, 0.3) is 5.82 Å². The Kier molecular flexibility index (Phi) is 9.92. The van der Waals surface area contributed by atoms with E-state index in [1.807, 2.05) is 30.0 Å². The van der Waals surface area contributed by atoms with Gasteiger partial charge in [-0.3, -0.25) is 4.57 Å². The minimum atomic E-state index is 0. The Morgan fingerprint density at radius 3 is 2.54 bits per heavy atom. The molecule has 0 saturated heterocycles. The molecule has 2 aromatic rings. The number of nitrogens with zero attached hydrogens (tertiary/aromatic N) is 4. The van der Waals surface area contributed by atoms with E-state index >= 15 is 0 Å². The van der Waals surface area contributed by atoms with E-state index in [-0.39, 0.29) is 24.0 Å². The molecule has 1 unspecified atom stereocenters. The van der Waals surface area contributed by atoms with Crippen molar-refractivity contribution in [1.82, 2.24) is 25.2 Å². The standard InChI is InChI=1S/C21H34N6.HI/c1-7-22-20(26-16(2)10-11-21(4,5)6)25-15-18-8-9-19(24-14-18)27-13-12-23-17(27)3;/h8-9,12-14,16H,7,10-11,15H2,1-6H3,(H2,22,25,26);1H. The third-order valence-corrected chi connectivity index (χ3v) is 4.36. The van der Waals surface area contributed by atoms with Gasteiger partial charge in [0.05, 0.1) is 6.54 Å². The van der Waals surface area contributed by atoms with Gasteiger partial charge in [-0.2, -0.15) is 0 Å². The minimum absolute atomic E-state index is 0. The number of guanidine groups is 1. The molecule has 7 heteroatoms. The molecule has 0 fully saturated rings. The average Bonchev–Trinajstić information content (AvgIpc) is 3.04. The van der Waals surface area contributed by atoms with Gasteiger partial charge in [-0.25, -0.2) is 15.0 Å². The van der Waals surface area contributed by atoms with Crippen LogP contribution in [0.5, 0.6) is 0 Å². The molecular weight excluding hydrogens is 463 g/mol. The summed E-state index contributed by atoms with van der Waals surface area (Å²) in [6, 6.07) is 4.45. The van der Waals surface area contributed by atoms with Crippen LogP contribution >= 0.6 is 24.0 Å². The first-order valence-corrected chi connectivity index (χ1v) is 9.78. The molecule has 0 aliphatic rings. The van der Waals surface area contributed by atoms with E-state index in [0.29, 0.717) is 18.0 Å². The van der Waals surface area contributed by atoms with Crippen LogP contribution < -0.4 is 10.6 Å². The number of pyridine rings is 1. The van der Waals surface area contributed by atoms with Crippen molar-refractivity contribution >= 4 is 29.9 Å². The third-order valence-electron chi connectivity index (χ3n) is 4.36. The fourth-order valence-corrected chi connectivity index (χ4v) is 2.72. The molecule has 0 bridgehead atoms. The summed E-state index contributed by atoms with van der Waals surface area (Å²) < 4.78 is 1.97. The molecule has 2 aromatic heterocycles. The first kappa shape index (κ1) is 24.4. The Hall–Kier alpha value is -1.64. The smallest absolute Gasteiger partial charge is 0.191 e. The summed E-state index contributed by atoms with van der Waals surface area (Å²) in [7, 11) is 0. The van der Waals surface area contributed by atoms with Gasteiger partial charge in [0, 0.05) is 31.2 Å². The zero-order valence-corrected chi connectivity index (χ0v) is 20.3.